The van der Waals surface area contributed by atoms with Crippen molar-refractivity contribution in [2.45, 2.75) is 46.3 Å². The van der Waals surface area contributed by atoms with Crippen molar-refractivity contribution in [1.82, 2.24) is 15.0 Å². The number of anilines is 1. The number of hydrogen-bond donors (Lipinski definition) is 2. The molecule has 0 bridgehead atoms. The highest BCUT2D eigenvalue weighted by Crippen LogP contribution is 2.37. The fraction of sp³-hybridized carbons (Fsp3) is 0.526. The van der Waals surface area contributed by atoms with E-state index < -0.39 is 0 Å². The maximum atomic E-state index is 9.92. The van der Waals surface area contributed by atoms with Gasteiger partial charge in [0.1, 0.15) is 10.3 Å². The maximum Gasteiger partial charge on any atom is 0.153 e. The monoisotopic (exact) mass is 453 g/mol. The van der Waals surface area contributed by atoms with Crippen LogP contribution in [0.15, 0.2) is 16.9 Å². The van der Waals surface area contributed by atoms with Crippen LogP contribution in [0.1, 0.15) is 38.1 Å². The Morgan fingerprint density at radius 1 is 1.37 bits per heavy atom. The Labute approximate surface area is 173 Å². The van der Waals surface area contributed by atoms with Crippen molar-refractivity contribution in [3.8, 4) is 11.3 Å². The third-order valence-electron chi connectivity index (χ3n) is 5.68. The normalized spacial score (nSPS) is 17.8. The number of aliphatic hydroxyl groups excluding tert-OH is 1. The Morgan fingerprint density at radius 3 is 2.63 bits per heavy atom. The second-order valence-electron chi connectivity index (χ2n) is 7.48. The van der Waals surface area contributed by atoms with Crippen LogP contribution in [0.5, 0.6) is 0 Å². The maximum absolute atomic E-state index is 9.92. The van der Waals surface area contributed by atoms with Crippen LogP contribution in [-0.2, 0) is 6.61 Å². The fourth-order valence-electron chi connectivity index (χ4n) is 3.44. The summed E-state index contributed by atoms with van der Waals surface area (Å²) >= 11 is 9.73. The van der Waals surface area contributed by atoms with E-state index in [9.17, 15) is 5.11 Å². The van der Waals surface area contributed by atoms with Crippen molar-refractivity contribution in [1.29, 1.82) is 0 Å². The second-order valence-corrected chi connectivity index (χ2v) is 8.61. The summed E-state index contributed by atoms with van der Waals surface area (Å²) in [7, 11) is 0. The molecule has 6 nitrogen and oxygen atoms in total. The van der Waals surface area contributed by atoms with Gasteiger partial charge in [-0.3, -0.25) is 0 Å². The highest BCUT2D eigenvalue weighted by atomic mass is 79.9. The number of aliphatic hydroxyl groups is 1. The van der Waals surface area contributed by atoms with Crippen molar-refractivity contribution >= 4 is 33.3 Å². The van der Waals surface area contributed by atoms with E-state index in [1.165, 1.54) is 0 Å². The van der Waals surface area contributed by atoms with Crippen LogP contribution >= 0.6 is 27.5 Å². The molecule has 0 spiro atoms. The molecule has 0 aliphatic carbocycles. The molecule has 2 aromatic rings. The first-order valence-electron chi connectivity index (χ1n) is 9.06. The highest BCUT2D eigenvalue weighted by Gasteiger charge is 2.34. The summed E-state index contributed by atoms with van der Waals surface area (Å²) in [4.78, 5) is 15.8. The van der Waals surface area contributed by atoms with Crippen molar-refractivity contribution in [3.63, 3.8) is 0 Å². The van der Waals surface area contributed by atoms with E-state index >= 15 is 0 Å². The predicted molar refractivity (Wildman–Crippen MR) is 112 cm³/mol. The number of aromatic nitrogens is 3. The lowest BCUT2D eigenvalue weighted by atomic mass is 9.75. The molecule has 146 valence electrons. The molecule has 0 unspecified atom stereocenters. The molecule has 3 N–H and O–H groups in total. The summed E-state index contributed by atoms with van der Waals surface area (Å²) in [6.07, 6.45) is 3.64. The summed E-state index contributed by atoms with van der Waals surface area (Å²) in [6.45, 7) is 7.74. The number of halogens is 2. The topological polar surface area (TPSA) is 88.2 Å². The number of nitrogens with two attached hydrogens (primary N) is 1. The summed E-state index contributed by atoms with van der Waals surface area (Å²) in [5, 5.41) is 10.4. The molecule has 3 heterocycles. The number of nitrogens with zero attached hydrogens (tertiary/aromatic N) is 4. The molecule has 0 saturated carbocycles. The van der Waals surface area contributed by atoms with E-state index in [4.69, 9.17) is 27.3 Å². The van der Waals surface area contributed by atoms with E-state index in [0.29, 0.717) is 21.0 Å². The van der Waals surface area contributed by atoms with Gasteiger partial charge in [-0.05, 0) is 54.1 Å². The molecule has 3 rings (SSSR count). The SMILES string of the molecule is Cc1nc(N2CCC(C)([C@H](C)N)CC2)c(CO)nc1-c1ccnc(Br)c1Cl. The van der Waals surface area contributed by atoms with E-state index in [1.54, 1.807) is 12.3 Å². The third kappa shape index (κ3) is 3.97. The van der Waals surface area contributed by atoms with E-state index in [-0.39, 0.29) is 18.1 Å². The molecule has 2 aromatic heterocycles. The van der Waals surface area contributed by atoms with Crippen molar-refractivity contribution in [3.05, 3.63) is 33.3 Å². The van der Waals surface area contributed by atoms with Gasteiger partial charge >= 0.3 is 0 Å². The molecular formula is C19H25BrClN5O. The van der Waals surface area contributed by atoms with Gasteiger partial charge in [0.05, 0.1) is 23.0 Å². The molecule has 1 fully saturated rings. The van der Waals surface area contributed by atoms with Crippen LogP contribution in [0.2, 0.25) is 5.02 Å². The molecule has 1 atom stereocenters. The lowest BCUT2D eigenvalue weighted by molar-refractivity contribution is 0.204. The zero-order valence-electron chi connectivity index (χ0n) is 15.8. The fourth-order valence-corrected chi connectivity index (χ4v) is 3.98. The van der Waals surface area contributed by atoms with Gasteiger partial charge < -0.3 is 15.7 Å². The minimum atomic E-state index is -0.180. The lowest BCUT2D eigenvalue weighted by Crippen LogP contribution is -2.47. The van der Waals surface area contributed by atoms with Gasteiger partial charge in [0.15, 0.2) is 5.82 Å². The highest BCUT2D eigenvalue weighted by molar-refractivity contribution is 9.10. The van der Waals surface area contributed by atoms with Gasteiger partial charge in [-0.25, -0.2) is 15.0 Å². The molecule has 0 amide bonds. The number of rotatable bonds is 4. The molecule has 1 aliphatic heterocycles. The molecule has 0 aromatic carbocycles. The summed E-state index contributed by atoms with van der Waals surface area (Å²) < 4.78 is 0.559. The molecule has 8 heteroatoms. The molecular weight excluding hydrogens is 430 g/mol. The first-order chi connectivity index (χ1) is 12.8. The smallest absolute Gasteiger partial charge is 0.153 e. The first kappa shape index (κ1) is 20.5. The standard InChI is InChI=1S/C19H25BrClN5O/c1-11-16(13-4-7-23-17(20)15(13)21)25-14(10-27)18(24-11)26-8-5-19(3,6-9-26)12(2)22/h4,7,12,27H,5-6,8-10,22H2,1-3H3/t12-/m0/s1. The van der Waals surface area contributed by atoms with Crippen LogP contribution in [-0.4, -0.2) is 39.2 Å². The molecule has 27 heavy (non-hydrogen) atoms. The third-order valence-corrected chi connectivity index (χ3v) is 6.89. The van der Waals surface area contributed by atoms with Crippen LogP contribution in [0.3, 0.4) is 0 Å². The Balaban J connectivity index is 1.95. The largest absolute Gasteiger partial charge is 0.390 e. The number of pyridine rings is 1. The Hall–Kier alpha value is -1.28. The second kappa shape index (κ2) is 7.99. The van der Waals surface area contributed by atoms with Gasteiger partial charge in [0, 0.05) is 30.9 Å². The van der Waals surface area contributed by atoms with E-state index in [0.717, 1.165) is 43.0 Å². The van der Waals surface area contributed by atoms with Crippen molar-refractivity contribution < 1.29 is 5.11 Å². The van der Waals surface area contributed by atoms with Crippen LogP contribution in [0, 0.1) is 12.3 Å². The number of piperidine rings is 1. The van der Waals surface area contributed by atoms with Crippen molar-refractivity contribution in [2.24, 2.45) is 11.1 Å². The Kier molecular flexibility index (Phi) is 6.05. The van der Waals surface area contributed by atoms with E-state index in [1.807, 2.05) is 6.92 Å². The summed E-state index contributed by atoms with van der Waals surface area (Å²) in [5.41, 5.74) is 9.03. The van der Waals surface area contributed by atoms with Gasteiger partial charge in [0.25, 0.3) is 0 Å². The summed E-state index contributed by atoms with van der Waals surface area (Å²) in [6, 6.07) is 1.96. The van der Waals surface area contributed by atoms with Gasteiger partial charge in [-0.2, -0.15) is 0 Å². The van der Waals surface area contributed by atoms with Crippen LogP contribution in [0.25, 0.3) is 11.3 Å². The number of aryl methyl sites for hydroxylation is 1. The minimum Gasteiger partial charge on any atom is -0.390 e. The van der Waals surface area contributed by atoms with Crippen LogP contribution in [0.4, 0.5) is 5.82 Å². The van der Waals surface area contributed by atoms with Gasteiger partial charge in [0.2, 0.25) is 0 Å². The summed E-state index contributed by atoms with van der Waals surface area (Å²) in [5.74, 6) is 0.745. The lowest BCUT2D eigenvalue weighted by Gasteiger charge is -2.42. The van der Waals surface area contributed by atoms with Gasteiger partial charge in [-0.15, -0.1) is 0 Å². The zero-order chi connectivity index (χ0) is 19.8. The van der Waals surface area contributed by atoms with Gasteiger partial charge in [-0.1, -0.05) is 18.5 Å². The van der Waals surface area contributed by atoms with Crippen molar-refractivity contribution in [2.75, 3.05) is 18.0 Å². The predicted octanol–water partition coefficient (Wildman–Crippen LogP) is 3.71. The quantitative estimate of drug-likeness (QED) is 0.685. The first-order valence-corrected chi connectivity index (χ1v) is 10.2. The van der Waals surface area contributed by atoms with E-state index in [2.05, 4.69) is 39.7 Å². The van der Waals surface area contributed by atoms with Crippen LogP contribution < -0.4 is 10.6 Å². The zero-order valence-corrected chi connectivity index (χ0v) is 18.2. The Bertz CT molecular complexity index is 837. The molecule has 0 radical (unpaired) electrons. The number of hydrogen-bond acceptors (Lipinski definition) is 6. The average Bonchev–Trinajstić information content (AvgIpc) is 2.64. The minimum absolute atomic E-state index is 0.134. The Morgan fingerprint density at radius 2 is 2.04 bits per heavy atom. The molecule has 1 aliphatic rings. The average molecular weight is 455 g/mol. The molecule has 1 saturated heterocycles.